The highest BCUT2D eigenvalue weighted by Crippen LogP contribution is 2.43. The van der Waals surface area contributed by atoms with Gasteiger partial charge in [0.05, 0.1) is 39.9 Å². The molecule has 0 fully saturated rings. The van der Waals surface area contributed by atoms with Crippen molar-refractivity contribution >= 4 is 13.7 Å². The van der Waals surface area contributed by atoms with Gasteiger partial charge in [0.2, 0.25) is 5.91 Å². The summed E-state index contributed by atoms with van der Waals surface area (Å²) in [6, 6.07) is -0.844. The minimum absolute atomic E-state index is 0.0656. The normalized spacial score (nSPS) is 13.6. The number of amides is 1. The van der Waals surface area contributed by atoms with E-state index in [2.05, 4.69) is 19.2 Å². The van der Waals surface area contributed by atoms with Crippen LogP contribution in [0.15, 0.2) is 12.2 Å². The summed E-state index contributed by atoms with van der Waals surface area (Å²) in [7, 11) is 1.60. The van der Waals surface area contributed by atoms with Crippen molar-refractivity contribution in [1.29, 1.82) is 0 Å². The fraction of sp³-hybridized carbons (Fsp3) is 0.958. The van der Waals surface area contributed by atoms with Crippen molar-refractivity contribution in [2.75, 3.05) is 40.9 Å². The number of hydrogen-bond acceptors (Lipinski definition) is 5. The zero-order valence-electron chi connectivity index (χ0n) is 54.9. The molecule has 3 N–H and O–H groups in total. The van der Waals surface area contributed by atoms with E-state index in [9.17, 15) is 19.4 Å². The molecular weight excluding hydrogens is 1010 g/mol. The van der Waals surface area contributed by atoms with Gasteiger partial charge in [-0.1, -0.05) is 373 Å². The molecule has 0 aliphatic carbocycles. The summed E-state index contributed by atoms with van der Waals surface area (Å²) in [5, 5.41) is 14.0. The van der Waals surface area contributed by atoms with Crippen molar-refractivity contribution in [3.05, 3.63) is 12.2 Å². The molecule has 3 unspecified atom stereocenters. The first-order chi connectivity index (χ1) is 39.0. The van der Waals surface area contributed by atoms with Crippen LogP contribution >= 0.6 is 7.82 Å². The molecular formula is C71H144N2O6P+. The minimum Gasteiger partial charge on any atom is -0.387 e. The molecule has 0 saturated heterocycles. The molecule has 0 rings (SSSR count). The second-order valence-electron chi connectivity index (χ2n) is 26.3. The lowest BCUT2D eigenvalue weighted by Crippen LogP contribution is -2.45. The average molecular weight is 1150 g/mol. The van der Waals surface area contributed by atoms with Crippen LogP contribution in [-0.4, -0.2) is 73.4 Å². The van der Waals surface area contributed by atoms with Gasteiger partial charge in [0.25, 0.3) is 0 Å². The standard InChI is InChI=1S/C71H143N2O6P/c1-6-8-10-12-14-16-18-20-22-24-26-28-30-32-34-36-37-38-40-42-44-46-48-50-52-54-56-58-60-62-64-70(74)69(68-79-80(76,77)78-67-66-73(3,4)5)72-71(75)65-63-61-59-57-55-53-51-49-47-45-43-41-39-35-33-31-29-27-25-23-21-19-17-15-13-11-9-7-2/h62,64,69-70,74H,6-61,63,65-68H2,1-5H3,(H-,72,75,76,77)/p+1/b64-62+. The lowest BCUT2D eigenvalue weighted by Gasteiger charge is -2.25. The molecule has 8 nitrogen and oxygen atoms in total. The van der Waals surface area contributed by atoms with Gasteiger partial charge in [-0.3, -0.25) is 13.8 Å². The molecule has 478 valence electrons. The monoisotopic (exact) mass is 1150 g/mol. The van der Waals surface area contributed by atoms with E-state index in [1.54, 1.807) is 6.08 Å². The summed E-state index contributed by atoms with van der Waals surface area (Å²) >= 11 is 0. The van der Waals surface area contributed by atoms with E-state index in [0.717, 1.165) is 32.1 Å². The number of unbranched alkanes of at least 4 members (excludes halogenated alkanes) is 55. The van der Waals surface area contributed by atoms with E-state index in [0.29, 0.717) is 17.4 Å². The van der Waals surface area contributed by atoms with Crippen LogP contribution in [0.3, 0.4) is 0 Å². The number of nitrogens with one attached hydrogen (secondary N) is 1. The Bertz CT molecular complexity index is 1310. The fourth-order valence-electron chi connectivity index (χ4n) is 11.4. The maximum atomic E-state index is 13.1. The van der Waals surface area contributed by atoms with Crippen molar-refractivity contribution in [1.82, 2.24) is 5.32 Å². The minimum atomic E-state index is -4.35. The number of phosphoric acid groups is 1. The number of quaternary nitrogens is 1. The van der Waals surface area contributed by atoms with Crippen molar-refractivity contribution in [3.63, 3.8) is 0 Å². The van der Waals surface area contributed by atoms with Crippen LogP contribution in [0.5, 0.6) is 0 Å². The van der Waals surface area contributed by atoms with E-state index in [4.69, 9.17) is 9.05 Å². The third kappa shape index (κ3) is 64.8. The van der Waals surface area contributed by atoms with Crippen LogP contribution in [0.2, 0.25) is 0 Å². The molecule has 0 radical (unpaired) electrons. The van der Waals surface area contributed by atoms with Gasteiger partial charge in [-0.05, 0) is 19.3 Å². The zero-order chi connectivity index (χ0) is 58.4. The number of aliphatic hydroxyl groups excluding tert-OH is 1. The molecule has 0 heterocycles. The molecule has 0 spiro atoms. The van der Waals surface area contributed by atoms with Crippen LogP contribution in [0, 0.1) is 0 Å². The van der Waals surface area contributed by atoms with Gasteiger partial charge in [0.1, 0.15) is 13.2 Å². The summed E-state index contributed by atoms with van der Waals surface area (Å²) in [5.74, 6) is -0.166. The first-order valence-electron chi connectivity index (χ1n) is 36.1. The van der Waals surface area contributed by atoms with Crippen molar-refractivity contribution in [2.45, 2.75) is 398 Å². The number of rotatable bonds is 68. The Morgan fingerprint density at radius 2 is 0.662 bits per heavy atom. The third-order valence-corrected chi connectivity index (χ3v) is 18.0. The second kappa shape index (κ2) is 62.8. The molecule has 1 amide bonds. The largest absolute Gasteiger partial charge is 0.472 e. The van der Waals surface area contributed by atoms with E-state index in [-0.39, 0.29) is 19.1 Å². The SMILES string of the molecule is CCCCCCCCCCCCCCCCCCCCCCCCCCCCCC/C=C/C(O)C(COP(=O)(O)OCC[N+](C)(C)C)NC(=O)CCCCCCCCCCCCCCCCCCCCCCCCCCCCCC. The van der Waals surface area contributed by atoms with Gasteiger partial charge in [0.15, 0.2) is 0 Å². The summed E-state index contributed by atoms with van der Waals surface area (Å²) < 4.78 is 23.8. The average Bonchev–Trinajstić information content (AvgIpc) is 3.42. The Morgan fingerprint density at radius 3 is 0.925 bits per heavy atom. The van der Waals surface area contributed by atoms with Crippen molar-refractivity contribution in [3.8, 4) is 0 Å². The molecule has 0 aliphatic rings. The van der Waals surface area contributed by atoms with Crippen LogP contribution in [0.25, 0.3) is 0 Å². The van der Waals surface area contributed by atoms with E-state index in [1.807, 2.05) is 27.2 Å². The molecule has 9 heteroatoms. The van der Waals surface area contributed by atoms with Gasteiger partial charge < -0.3 is 19.8 Å². The first-order valence-corrected chi connectivity index (χ1v) is 37.6. The predicted octanol–water partition coefficient (Wildman–Crippen LogP) is 22.9. The van der Waals surface area contributed by atoms with Crippen LogP contribution in [0.4, 0.5) is 0 Å². The van der Waals surface area contributed by atoms with E-state index >= 15 is 0 Å². The Morgan fingerprint density at radius 1 is 0.412 bits per heavy atom. The highest BCUT2D eigenvalue weighted by molar-refractivity contribution is 7.47. The summed E-state index contributed by atoms with van der Waals surface area (Å²) in [6.07, 6.45) is 80.8. The van der Waals surface area contributed by atoms with E-state index < -0.39 is 20.0 Å². The van der Waals surface area contributed by atoms with Gasteiger partial charge in [-0.15, -0.1) is 0 Å². The van der Waals surface area contributed by atoms with Crippen LogP contribution in [0.1, 0.15) is 386 Å². The lowest BCUT2D eigenvalue weighted by molar-refractivity contribution is -0.870. The summed E-state index contributed by atoms with van der Waals surface area (Å²) in [6.45, 7) is 4.89. The molecule has 0 aromatic heterocycles. The quantitative estimate of drug-likeness (QED) is 0.0243. The Hall–Kier alpha value is -0.760. The maximum Gasteiger partial charge on any atom is 0.472 e. The van der Waals surface area contributed by atoms with Gasteiger partial charge in [-0.2, -0.15) is 0 Å². The topological polar surface area (TPSA) is 105 Å². The molecule has 0 bridgehead atoms. The molecule has 0 aromatic carbocycles. The number of carbonyl (C=O) groups excluding carboxylic acids is 1. The first kappa shape index (κ1) is 79.2. The second-order valence-corrected chi connectivity index (χ2v) is 27.8. The molecule has 0 saturated carbocycles. The maximum absolute atomic E-state index is 13.1. The van der Waals surface area contributed by atoms with Crippen LogP contribution < -0.4 is 5.32 Å². The highest BCUT2D eigenvalue weighted by Gasteiger charge is 2.28. The number of aliphatic hydroxyl groups is 1. The van der Waals surface area contributed by atoms with Gasteiger partial charge in [0, 0.05) is 6.42 Å². The predicted molar refractivity (Wildman–Crippen MR) is 351 cm³/mol. The molecule has 80 heavy (non-hydrogen) atoms. The van der Waals surface area contributed by atoms with E-state index in [1.165, 1.54) is 334 Å². The lowest BCUT2D eigenvalue weighted by atomic mass is 10.0. The number of likely N-dealkylation sites (N-methyl/N-ethyl adjacent to an activating group) is 1. The molecule has 0 aromatic rings. The number of nitrogens with zero attached hydrogens (tertiary/aromatic N) is 1. The number of allylic oxidation sites excluding steroid dienone is 1. The Balaban J connectivity index is 4.01. The van der Waals surface area contributed by atoms with Crippen LogP contribution in [-0.2, 0) is 18.4 Å². The highest BCUT2D eigenvalue weighted by atomic mass is 31.2. The smallest absolute Gasteiger partial charge is 0.387 e. The molecule has 3 atom stereocenters. The van der Waals surface area contributed by atoms with Crippen molar-refractivity contribution < 1.29 is 32.9 Å². The Labute approximate surface area is 501 Å². The van der Waals surface area contributed by atoms with Gasteiger partial charge in [-0.25, -0.2) is 4.57 Å². The zero-order valence-corrected chi connectivity index (χ0v) is 55.8. The van der Waals surface area contributed by atoms with Crippen molar-refractivity contribution in [2.24, 2.45) is 0 Å². The number of carbonyl (C=O) groups is 1. The molecule has 0 aliphatic heterocycles. The third-order valence-electron chi connectivity index (χ3n) is 17.0. The van der Waals surface area contributed by atoms with Gasteiger partial charge >= 0.3 is 7.82 Å². The summed E-state index contributed by atoms with van der Waals surface area (Å²) in [5.41, 5.74) is 0. The Kier molecular flexibility index (Phi) is 62.2. The summed E-state index contributed by atoms with van der Waals surface area (Å²) in [4.78, 5) is 23.4. The fourth-order valence-corrected chi connectivity index (χ4v) is 12.1. The number of hydrogen-bond donors (Lipinski definition) is 3. The number of phosphoric ester groups is 1.